The first-order chi connectivity index (χ1) is 32.3. The fourth-order valence-corrected chi connectivity index (χ4v) is 10.8. The van der Waals surface area contributed by atoms with Gasteiger partial charge < -0.3 is 24.4 Å². The van der Waals surface area contributed by atoms with E-state index in [9.17, 15) is 37.2 Å². The third-order valence-corrected chi connectivity index (χ3v) is 14.3. The lowest BCUT2D eigenvalue weighted by Crippen LogP contribution is -2.52. The number of carbonyl (C=O) groups is 6. The van der Waals surface area contributed by atoms with Crippen molar-refractivity contribution in [1.29, 1.82) is 0 Å². The zero-order valence-electron chi connectivity index (χ0n) is 38.2. The summed E-state index contributed by atoms with van der Waals surface area (Å²) in [4.78, 5) is 81.3. The van der Waals surface area contributed by atoms with Gasteiger partial charge >= 0.3 is 0 Å². The maximum atomic E-state index is 14.0. The molecule has 2 atom stereocenters. The highest BCUT2D eigenvalue weighted by Gasteiger charge is 2.44. The number of methoxy groups -OCH3 is 1. The number of nitrogens with zero attached hydrogens (tertiary/aromatic N) is 2. The molecule has 4 aromatic rings. The minimum absolute atomic E-state index is 0.0927. The van der Waals surface area contributed by atoms with Gasteiger partial charge in [0.2, 0.25) is 11.8 Å². The van der Waals surface area contributed by atoms with Crippen LogP contribution in [-0.4, -0.2) is 91.8 Å². The number of imide groups is 2. The Morgan fingerprint density at radius 2 is 1.64 bits per heavy atom. The maximum absolute atomic E-state index is 14.0. The number of benzene rings is 3. The zero-order chi connectivity index (χ0) is 47.7. The molecule has 2 N–H and O–H groups in total. The zero-order valence-corrected chi connectivity index (χ0v) is 39.9. The molecule has 0 radical (unpaired) electrons. The van der Waals surface area contributed by atoms with E-state index in [-0.39, 0.29) is 41.6 Å². The molecular formula is C50H58N4O11S2. The van der Waals surface area contributed by atoms with E-state index in [1.54, 1.807) is 48.2 Å². The van der Waals surface area contributed by atoms with Gasteiger partial charge in [0.25, 0.3) is 17.7 Å². The number of thiophene rings is 1. The minimum atomic E-state index is -3.65. The van der Waals surface area contributed by atoms with Crippen LogP contribution in [0.15, 0.2) is 66.0 Å². The van der Waals surface area contributed by atoms with Crippen molar-refractivity contribution in [2.24, 2.45) is 0 Å². The number of carbonyl (C=O) groups excluding carboxylic acids is 6. The van der Waals surface area contributed by atoms with E-state index in [2.05, 4.69) is 10.6 Å². The summed E-state index contributed by atoms with van der Waals surface area (Å²) in [7, 11) is -2.16. The van der Waals surface area contributed by atoms with E-state index in [1.807, 2.05) is 29.6 Å². The van der Waals surface area contributed by atoms with Gasteiger partial charge in [0, 0.05) is 54.4 Å². The number of rotatable bonds is 25. The number of hydrogen-bond donors (Lipinski definition) is 2. The van der Waals surface area contributed by atoms with E-state index in [4.69, 9.17) is 14.2 Å². The quantitative estimate of drug-likeness (QED) is 0.0516. The molecule has 1 fully saturated rings. The number of sulfone groups is 1. The number of ether oxygens (including phenoxy) is 3. The number of amides is 5. The Kier molecular flexibility index (Phi) is 16.3. The number of unbranched alkanes of at least 4 members (excludes halogenated alkanes) is 5. The lowest BCUT2D eigenvalue weighted by atomic mass is 9.97. The number of aryl methyl sites for hydroxylation is 1. The van der Waals surface area contributed by atoms with E-state index < -0.39 is 45.4 Å². The molecule has 67 heavy (non-hydrogen) atoms. The predicted molar refractivity (Wildman–Crippen MR) is 252 cm³/mol. The fraction of sp³-hybridized carbons (Fsp3) is 0.440. The summed E-state index contributed by atoms with van der Waals surface area (Å²) in [6.45, 7) is 4.40. The van der Waals surface area contributed by atoms with Gasteiger partial charge in [0.05, 0.1) is 42.2 Å². The molecule has 5 amide bonds. The van der Waals surface area contributed by atoms with Crippen molar-refractivity contribution in [2.75, 3.05) is 32.3 Å². The fourth-order valence-electron chi connectivity index (χ4n) is 8.93. The van der Waals surface area contributed by atoms with Gasteiger partial charge in [-0.3, -0.25) is 39.0 Å². The van der Waals surface area contributed by atoms with Crippen LogP contribution in [0.2, 0.25) is 0 Å². The SMILES string of the molecule is CCOc1cc([C@@H](CS(C)(=O)=O)N2C(=O)c3cccc(CCC(=O)CCCCCCCCNCc4ccc(OCc5scc6c5CN(C5CCC(=O)NC5=O)C6=O)cc4)c3C2=O)ccc1OC. The lowest BCUT2D eigenvalue weighted by molar-refractivity contribution is -0.137. The molecule has 17 heteroatoms. The molecule has 15 nitrogen and oxygen atoms in total. The van der Waals surface area contributed by atoms with Crippen LogP contribution in [-0.2, 0) is 50.3 Å². The monoisotopic (exact) mass is 954 g/mol. The standard InChI is InChI=1S/C50H58N4O11S2/c1-4-64-43-26-34(18-23-42(43)63-2)41(31-67(3,61)62)54-49(59)37-14-11-12-33(46(37)50(54)60)17-19-35(55)13-9-7-5-6-8-10-25-51-27-32-15-20-36(21-16-32)65-29-44-38-28-53(48(58)39(38)30-66-44)40-22-24-45(56)52-47(40)57/h11-12,14-16,18,20-21,23,26,30,40-41,51H,4-10,13,17,19,22,24-25,27-29,31H2,1-3H3,(H,52,56,57)/t40?,41-/m1/s1. The third-order valence-electron chi connectivity index (χ3n) is 12.4. The molecule has 1 unspecified atom stereocenters. The number of nitrogens with one attached hydrogen (secondary N) is 2. The Hall–Kier alpha value is -5.91. The molecule has 0 bridgehead atoms. The number of ketones is 1. The molecule has 356 valence electrons. The number of fused-ring (bicyclic) bond motifs is 2. The minimum Gasteiger partial charge on any atom is -0.493 e. The van der Waals surface area contributed by atoms with Crippen LogP contribution in [0, 0.1) is 0 Å². The second-order valence-electron chi connectivity index (χ2n) is 17.2. The largest absolute Gasteiger partial charge is 0.493 e. The van der Waals surface area contributed by atoms with E-state index in [1.165, 1.54) is 18.4 Å². The highest BCUT2D eigenvalue weighted by atomic mass is 32.2. The van der Waals surface area contributed by atoms with Crippen molar-refractivity contribution in [3.05, 3.63) is 110 Å². The first-order valence-corrected chi connectivity index (χ1v) is 25.9. The molecule has 3 aliphatic rings. The molecule has 0 spiro atoms. The van der Waals surface area contributed by atoms with Crippen LogP contribution in [0.4, 0.5) is 0 Å². The lowest BCUT2D eigenvalue weighted by Gasteiger charge is -2.29. The molecule has 0 aliphatic carbocycles. The van der Waals surface area contributed by atoms with Crippen LogP contribution in [0.3, 0.4) is 0 Å². The number of piperidine rings is 1. The second-order valence-corrected chi connectivity index (χ2v) is 20.4. The molecule has 3 aliphatic heterocycles. The third kappa shape index (κ3) is 12.0. The molecule has 7 rings (SSSR count). The van der Waals surface area contributed by atoms with E-state index in [0.717, 1.165) is 84.5 Å². The van der Waals surface area contributed by atoms with Gasteiger partial charge in [0.1, 0.15) is 34.0 Å². The van der Waals surface area contributed by atoms with Crippen LogP contribution in [0.25, 0.3) is 0 Å². The Balaban J connectivity index is 0.775. The molecule has 3 aromatic carbocycles. The van der Waals surface area contributed by atoms with Crippen molar-refractivity contribution in [3.8, 4) is 17.2 Å². The first-order valence-electron chi connectivity index (χ1n) is 22.9. The van der Waals surface area contributed by atoms with Crippen molar-refractivity contribution < 1.29 is 51.4 Å². The summed E-state index contributed by atoms with van der Waals surface area (Å²) in [5, 5.41) is 7.66. The topological polar surface area (TPSA) is 195 Å². The van der Waals surface area contributed by atoms with Crippen LogP contribution >= 0.6 is 11.3 Å². The van der Waals surface area contributed by atoms with Gasteiger partial charge in [-0.2, -0.15) is 0 Å². The van der Waals surface area contributed by atoms with Crippen molar-refractivity contribution in [3.63, 3.8) is 0 Å². The normalized spacial score (nSPS) is 16.3. The molecular weight excluding hydrogens is 897 g/mol. The molecule has 0 saturated carbocycles. The van der Waals surface area contributed by atoms with Gasteiger partial charge in [-0.25, -0.2) is 8.42 Å². The Morgan fingerprint density at radius 3 is 2.37 bits per heavy atom. The van der Waals surface area contributed by atoms with Crippen molar-refractivity contribution in [1.82, 2.24) is 20.4 Å². The maximum Gasteiger partial charge on any atom is 0.262 e. The highest BCUT2D eigenvalue weighted by Crippen LogP contribution is 2.38. The van der Waals surface area contributed by atoms with Gasteiger partial charge in [-0.1, -0.05) is 56.0 Å². The Morgan fingerprint density at radius 1 is 0.881 bits per heavy atom. The van der Waals surface area contributed by atoms with Gasteiger partial charge in [-0.15, -0.1) is 11.3 Å². The molecule has 1 saturated heterocycles. The van der Waals surface area contributed by atoms with Crippen LogP contribution in [0.1, 0.15) is 135 Å². The summed E-state index contributed by atoms with van der Waals surface area (Å²) in [5.74, 6) is -0.921. The second kappa shape index (κ2) is 22.3. The molecule has 4 heterocycles. The van der Waals surface area contributed by atoms with Crippen LogP contribution < -0.4 is 24.8 Å². The van der Waals surface area contributed by atoms with Crippen molar-refractivity contribution in [2.45, 2.75) is 109 Å². The van der Waals surface area contributed by atoms with Crippen molar-refractivity contribution >= 4 is 56.5 Å². The predicted octanol–water partition coefficient (Wildman–Crippen LogP) is 6.90. The van der Waals surface area contributed by atoms with E-state index >= 15 is 0 Å². The smallest absolute Gasteiger partial charge is 0.262 e. The average molecular weight is 955 g/mol. The van der Waals surface area contributed by atoms with Crippen LogP contribution in [0.5, 0.6) is 17.2 Å². The number of Topliss-reactive ketones (excluding diaryl/α,β-unsaturated/α-hetero) is 1. The first kappa shape index (κ1) is 49.0. The Labute approximate surface area is 395 Å². The van der Waals surface area contributed by atoms with Gasteiger partial charge in [-0.05, 0) is 86.2 Å². The van der Waals surface area contributed by atoms with Gasteiger partial charge in [0.15, 0.2) is 11.5 Å². The Bertz CT molecular complexity index is 2610. The van der Waals surface area contributed by atoms with E-state index in [0.29, 0.717) is 67.2 Å². The average Bonchev–Trinajstić information content (AvgIpc) is 3.94. The summed E-state index contributed by atoms with van der Waals surface area (Å²) < 4.78 is 42.4. The summed E-state index contributed by atoms with van der Waals surface area (Å²) in [6.07, 6.45) is 8.55. The summed E-state index contributed by atoms with van der Waals surface area (Å²) in [6, 6.07) is 16.1. The summed E-state index contributed by atoms with van der Waals surface area (Å²) in [5.41, 5.74) is 4.04. The highest BCUT2D eigenvalue weighted by molar-refractivity contribution is 7.90. The summed E-state index contributed by atoms with van der Waals surface area (Å²) >= 11 is 1.47. The molecule has 1 aromatic heterocycles. The number of hydrogen-bond acceptors (Lipinski definition) is 13.